The van der Waals surface area contributed by atoms with Crippen molar-refractivity contribution in [2.75, 3.05) is 7.11 Å². The van der Waals surface area contributed by atoms with E-state index >= 15 is 0 Å². The second kappa shape index (κ2) is 7.01. The monoisotopic (exact) mass is 369 g/mol. The van der Waals surface area contributed by atoms with Crippen LogP contribution < -0.4 is 11.2 Å². The van der Waals surface area contributed by atoms with Crippen LogP contribution >= 0.6 is 0 Å². The molecular weight excluding hydrogens is 353 g/mol. The highest BCUT2D eigenvalue weighted by Crippen LogP contribution is 2.13. The van der Waals surface area contributed by atoms with Crippen molar-refractivity contribution in [1.29, 1.82) is 0 Å². The Morgan fingerprint density at radius 3 is 2.40 bits per heavy atom. The van der Waals surface area contributed by atoms with Gasteiger partial charge >= 0.3 is 11.8 Å². The number of benzene rings is 1. The molecule has 0 unspecified atom stereocenters. The summed E-state index contributed by atoms with van der Waals surface area (Å²) in [6.45, 7) is 1.91. The Labute approximate surface area is 142 Å². The summed E-state index contributed by atoms with van der Waals surface area (Å²) in [6.07, 6.45) is 0.0745. The van der Waals surface area contributed by atoms with Crippen molar-refractivity contribution in [3.8, 4) is 0 Å². The van der Waals surface area contributed by atoms with Gasteiger partial charge in [-0.15, -0.1) is 0 Å². The van der Waals surface area contributed by atoms with Gasteiger partial charge in [-0.25, -0.2) is 22.4 Å². The molecule has 1 amide bonds. The van der Waals surface area contributed by atoms with Crippen LogP contribution in [0, 0.1) is 5.82 Å². The van der Waals surface area contributed by atoms with Crippen molar-refractivity contribution < 1.29 is 22.3 Å². The van der Waals surface area contributed by atoms with Crippen LogP contribution in [-0.4, -0.2) is 30.2 Å². The second-order valence-electron chi connectivity index (χ2n) is 5.02. The Hall–Kier alpha value is -2.75. The molecule has 1 heterocycles. The SMILES string of the molecule is CCc1ccc(S(=O)(=O)n2cc(F)/c(=N\C(=O)OC)n(C)c2=O)cc1. The molecule has 1 aromatic carbocycles. The summed E-state index contributed by atoms with van der Waals surface area (Å²) in [6, 6.07) is 5.89. The molecule has 0 spiro atoms. The molecule has 2 rings (SSSR count). The lowest BCUT2D eigenvalue weighted by Gasteiger charge is -2.10. The van der Waals surface area contributed by atoms with E-state index in [1.54, 1.807) is 12.1 Å². The second-order valence-corrected chi connectivity index (χ2v) is 6.84. The van der Waals surface area contributed by atoms with Crippen LogP contribution in [0.2, 0.25) is 0 Å². The Kier molecular flexibility index (Phi) is 5.21. The van der Waals surface area contributed by atoms with E-state index < -0.39 is 33.1 Å². The van der Waals surface area contributed by atoms with Crippen molar-refractivity contribution in [2.45, 2.75) is 18.2 Å². The smallest absolute Gasteiger partial charge is 0.435 e. The normalized spacial score (nSPS) is 12.2. The average Bonchev–Trinajstić information content (AvgIpc) is 2.61. The molecule has 0 aliphatic heterocycles. The number of aromatic nitrogens is 2. The summed E-state index contributed by atoms with van der Waals surface area (Å²) >= 11 is 0. The molecule has 10 heteroatoms. The van der Waals surface area contributed by atoms with E-state index in [0.717, 1.165) is 19.7 Å². The molecule has 2 aromatic rings. The first-order chi connectivity index (χ1) is 11.7. The van der Waals surface area contributed by atoms with E-state index in [9.17, 15) is 22.4 Å². The minimum Gasteiger partial charge on any atom is -0.451 e. The van der Waals surface area contributed by atoms with Gasteiger partial charge in [0.1, 0.15) is 0 Å². The first-order valence-corrected chi connectivity index (χ1v) is 8.61. The van der Waals surface area contributed by atoms with Gasteiger partial charge in [-0.05, 0) is 24.1 Å². The number of carbonyl (C=O) groups is 1. The highest BCUT2D eigenvalue weighted by atomic mass is 32.2. The molecule has 0 N–H and O–H groups in total. The zero-order valence-electron chi connectivity index (χ0n) is 13.8. The Morgan fingerprint density at radius 1 is 1.28 bits per heavy atom. The van der Waals surface area contributed by atoms with Gasteiger partial charge in [-0.3, -0.25) is 4.57 Å². The number of rotatable bonds is 3. The number of hydrogen-bond acceptors (Lipinski definition) is 5. The standard InChI is InChI=1S/C15H16FN3O5S/c1-4-10-5-7-11(8-6-10)25(22,23)19-9-12(16)13(17-14(20)24-3)18(2)15(19)21/h5-9H,4H2,1-3H3/b17-13+. The number of halogens is 1. The molecule has 0 radical (unpaired) electrons. The first kappa shape index (κ1) is 18.6. The van der Waals surface area contributed by atoms with Crippen LogP contribution in [0.1, 0.15) is 12.5 Å². The third-order valence-electron chi connectivity index (χ3n) is 3.50. The zero-order chi connectivity index (χ0) is 18.8. The van der Waals surface area contributed by atoms with Gasteiger partial charge < -0.3 is 4.74 Å². The molecule has 0 aliphatic carbocycles. The number of ether oxygens (including phenoxy) is 1. The van der Waals surface area contributed by atoms with Crippen molar-refractivity contribution in [3.05, 3.63) is 57.8 Å². The Bertz CT molecular complexity index is 1040. The molecule has 0 bridgehead atoms. The first-order valence-electron chi connectivity index (χ1n) is 7.17. The number of amides is 1. The topological polar surface area (TPSA) is 99.7 Å². The van der Waals surface area contributed by atoms with E-state index in [-0.39, 0.29) is 8.87 Å². The van der Waals surface area contributed by atoms with Crippen molar-refractivity contribution >= 4 is 16.1 Å². The molecule has 8 nitrogen and oxygen atoms in total. The molecule has 0 atom stereocenters. The Balaban J connectivity index is 2.69. The largest absolute Gasteiger partial charge is 0.451 e. The highest BCUT2D eigenvalue weighted by Gasteiger charge is 2.21. The van der Waals surface area contributed by atoms with Gasteiger partial charge in [0.05, 0.1) is 18.2 Å². The summed E-state index contributed by atoms with van der Waals surface area (Å²) in [4.78, 5) is 26.6. The number of nitrogens with zero attached hydrogens (tertiary/aromatic N) is 3. The maximum absolute atomic E-state index is 14.2. The molecule has 134 valence electrons. The summed E-state index contributed by atoms with van der Waals surface area (Å²) in [5, 5.41) is 0. The molecule has 25 heavy (non-hydrogen) atoms. The van der Waals surface area contributed by atoms with E-state index in [2.05, 4.69) is 9.73 Å². The maximum Gasteiger partial charge on any atom is 0.435 e. The van der Waals surface area contributed by atoms with E-state index in [4.69, 9.17) is 0 Å². The molecule has 0 saturated carbocycles. The van der Waals surface area contributed by atoms with Gasteiger partial charge in [0.15, 0.2) is 11.3 Å². The minimum absolute atomic E-state index is 0.163. The number of aryl methyl sites for hydroxylation is 1. The summed E-state index contributed by atoms with van der Waals surface area (Å²) < 4.78 is 44.6. The fourth-order valence-corrected chi connectivity index (χ4v) is 3.32. The lowest BCUT2D eigenvalue weighted by atomic mass is 10.2. The fraction of sp³-hybridized carbons (Fsp3) is 0.267. The van der Waals surface area contributed by atoms with E-state index in [0.29, 0.717) is 17.2 Å². The van der Waals surface area contributed by atoms with E-state index in [1.807, 2.05) is 6.92 Å². The number of carbonyl (C=O) groups excluding carboxylic acids is 1. The van der Waals surface area contributed by atoms with Crippen LogP contribution in [0.5, 0.6) is 0 Å². The van der Waals surface area contributed by atoms with Crippen LogP contribution in [0.15, 0.2) is 45.1 Å². The van der Waals surface area contributed by atoms with Gasteiger partial charge in [0, 0.05) is 7.05 Å². The molecule has 1 aromatic heterocycles. The molecule has 0 saturated heterocycles. The molecular formula is C15H16FN3O5S. The summed E-state index contributed by atoms with van der Waals surface area (Å²) in [7, 11) is -2.17. The highest BCUT2D eigenvalue weighted by molar-refractivity contribution is 7.90. The fourth-order valence-electron chi connectivity index (χ4n) is 2.06. The van der Waals surface area contributed by atoms with Crippen molar-refractivity contribution in [1.82, 2.24) is 8.54 Å². The minimum atomic E-state index is -4.30. The average molecular weight is 369 g/mol. The predicted molar refractivity (Wildman–Crippen MR) is 86.0 cm³/mol. The van der Waals surface area contributed by atoms with Gasteiger partial charge in [-0.1, -0.05) is 19.1 Å². The van der Waals surface area contributed by atoms with Crippen molar-refractivity contribution in [2.24, 2.45) is 12.0 Å². The van der Waals surface area contributed by atoms with Gasteiger partial charge in [-0.2, -0.15) is 8.96 Å². The summed E-state index contributed by atoms with van der Waals surface area (Å²) in [5.41, 5.74) is -0.802. The van der Waals surface area contributed by atoms with Gasteiger partial charge in [0.25, 0.3) is 10.0 Å². The maximum atomic E-state index is 14.2. The lowest BCUT2D eigenvalue weighted by Crippen LogP contribution is -2.42. The predicted octanol–water partition coefficient (Wildman–Crippen LogP) is 0.792. The quantitative estimate of drug-likeness (QED) is 0.796. The van der Waals surface area contributed by atoms with Crippen LogP contribution in [0.4, 0.5) is 9.18 Å². The Morgan fingerprint density at radius 2 is 1.88 bits per heavy atom. The lowest BCUT2D eigenvalue weighted by molar-refractivity contribution is 0.181. The van der Waals surface area contributed by atoms with Crippen LogP contribution in [0.3, 0.4) is 0 Å². The zero-order valence-corrected chi connectivity index (χ0v) is 14.6. The van der Waals surface area contributed by atoms with Crippen molar-refractivity contribution in [3.63, 3.8) is 0 Å². The summed E-state index contributed by atoms with van der Waals surface area (Å²) in [5.74, 6) is -1.17. The van der Waals surface area contributed by atoms with Crippen LogP contribution in [0.25, 0.3) is 0 Å². The number of methoxy groups -OCH3 is 1. The van der Waals surface area contributed by atoms with Crippen LogP contribution in [-0.2, 0) is 28.2 Å². The molecule has 0 aliphatic rings. The number of hydrogen-bond donors (Lipinski definition) is 0. The third kappa shape index (κ3) is 3.53. The van der Waals surface area contributed by atoms with Gasteiger partial charge in [0.2, 0.25) is 0 Å². The third-order valence-corrected chi connectivity index (χ3v) is 5.14. The molecule has 0 fully saturated rings. The van der Waals surface area contributed by atoms with E-state index in [1.165, 1.54) is 12.1 Å².